The number of nitrogens with one attached hydrogen (secondary N) is 1. The Bertz CT molecular complexity index is 610. The largest absolute Gasteiger partial charge is 0.387 e. The van der Waals surface area contributed by atoms with E-state index < -0.39 is 17.7 Å². The number of halogens is 2. The Balaban J connectivity index is 2.04. The van der Waals surface area contributed by atoms with E-state index in [0.717, 1.165) is 27.7 Å². The molecule has 0 saturated carbocycles. The number of aliphatic hydroxyl groups excluding tert-OH is 1. The van der Waals surface area contributed by atoms with Crippen LogP contribution in [0.25, 0.3) is 0 Å². The molecule has 0 saturated heterocycles. The van der Waals surface area contributed by atoms with Crippen LogP contribution in [-0.2, 0) is 0 Å². The van der Waals surface area contributed by atoms with Gasteiger partial charge in [-0.05, 0) is 32.9 Å². The Hall–Kier alpha value is -1.37. The van der Waals surface area contributed by atoms with Crippen molar-refractivity contribution in [3.05, 3.63) is 51.0 Å². The number of aryl methyl sites for hydroxylation is 2. The Morgan fingerprint density at radius 1 is 1.29 bits per heavy atom. The summed E-state index contributed by atoms with van der Waals surface area (Å²) in [5.74, 6) is -1.47. The third kappa shape index (κ3) is 3.64. The Morgan fingerprint density at radius 3 is 2.43 bits per heavy atom. The number of rotatable bonds is 5. The molecule has 6 heteroatoms. The molecule has 1 heterocycles. The smallest absolute Gasteiger partial charge is 0.131 e. The van der Waals surface area contributed by atoms with Crippen LogP contribution >= 0.6 is 11.3 Å². The molecule has 2 aromatic rings. The van der Waals surface area contributed by atoms with Gasteiger partial charge in [0.2, 0.25) is 0 Å². The maximum absolute atomic E-state index is 13.6. The summed E-state index contributed by atoms with van der Waals surface area (Å²) in [6, 6.07) is 3.52. The molecule has 1 aromatic carbocycles. The highest BCUT2D eigenvalue weighted by Gasteiger charge is 2.19. The van der Waals surface area contributed by atoms with Gasteiger partial charge in [-0.2, -0.15) is 0 Å². The Kier molecular flexibility index (Phi) is 5.03. The van der Waals surface area contributed by atoms with E-state index in [1.807, 2.05) is 20.8 Å². The molecule has 0 bridgehead atoms. The number of hydrogen-bond donors (Lipinski definition) is 2. The maximum Gasteiger partial charge on any atom is 0.131 e. The van der Waals surface area contributed by atoms with Crippen LogP contribution in [0, 0.1) is 25.5 Å². The van der Waals surface area contributed by atoms with Gasteiger partial charge in [-0.25, -0.2) is 13.8 Å². The van der Waals surface area contributed by atoms with E-state index in [9.17, 15) is 13.9 Å². The third-order valence-corrected chi connectivity index (χ3v) is 4.54. The molecule has 3 nitrogen and oxygen atoms in total. The minimum Gasteiger partial charge on any atom is -0.387 e. The second-order valence-corrected chi connectivity index (χ2v) is 6.20. The predicted octanol–water partition coefficient (Wildman–Crippen LogP) is 3.42. The summed E-state index contributed by atoms with van der Waals surface area (Å²) in [5.41, 5.74) is 0.637. The van der Waals surface area contributed by atoms with Gasteiger partial charge >= 0.3 is 0 Å². The summed E-state index contributed by atoms with van der Waals surface area (Å²) in [6.45, 7) is 5.85. The SMILES string of the molecule is Cc1nc(C)c(C(C)NCC(O)c2c(F)cccc2F)s1. The Labute approximate surface area is 126 Å². The van der Waals surface area contributed by atoms with Gasteiger partial charge in [0.05, 0.1) is 22.4 Å². The molecule has 2 rings (SSSR count). The van der Waals surface area contributed by atoms with Gasteiger partial charge < -0.3 is 10.4 Å². The zero-order valence-corrected chi connectivity index (χ0v) is 13.0. The minimum atomic E-state index is -1.23. The molecule has 0 fully saturated rings. The first-order chi connectivity index (χ1) is 9.90. The molecule has 21 heavy (non-hydrogen) atoms. The van der Waals surface area contributed by atoms with Crippen LogP contribution in [0.5, 0.6) is 0 Å². The molecule has 2 unspecified atom stereocenters. The molecule has 0 spiro atoms. The van der Waals surface area contributed by atoms with Gasteiger partial charge in [-0.1, -0.05) is 6.07 Å². The van der Waals surface area contributed by atoms with Crippen LogP contribution in [-0.4, -0.2) is 16.6 Å². The summed E-state index contributed by atoms with van der Waals surface area (Å²) in [4.78, 5) is 5.41. The van der Waals surface area contributed by atoms with Crippen molar-refractivity contribution in [1.29, 1.82) is 0 Å². The second-order valence-electron chi connectivity index (χ2n) is 4.96. The van der Waals surface area contributed by atoms with Crippen molar-refractivity contribution in [3.8, 4) is 0 Å². The summed E-state index contributed by atoms with van der Waals surface area (Å²) in [7, 11) is 0. The van der Waals surface area contributed by atoms with Crippen LogP contribution < -0.4 is 5.32 Å². The van der Waals surface area contributed by atoms with Crippen LogP contribution in [0.4, 0.5) is 8.78 Å². The van der Waals surface area contributed by atoms with Gasteiger partial charge in [-0.3, -0.25) is 0 Å². The number of hydrogen-bond acceptors (Lipinski definition) is 4. The fourth-order valence-corrected chi connectivity index (χ4v) is 3.22. The van der Waals surface area contributed by atoms with Crippen LogP contribution in [0.1, 0.15) is 40.2 Å². The fraction of sp³-hybridized carbons (Fsp3) is 0.400. The van der Waals surface area contributed by atoms with Crippen LogP contribution in [0.2, 0.25) is 0 Å². The highest BCUT2D eigenvalue weighted by atomic mass is 32.1. The molecule has 0 aliphatic rings. The third-order valence-electron chi connectivity index (χ3n) is 3.28. The molecule has 0 amide bonds. The van der Waals surface area contributed by atoms with Crippen molar-refractivity contribution in [2.75, 3.05) is 6.54 Å². The lowest BCUT2D eigenvalue weighted by Gasteiger charge is -2.17. The van der Waals surface area contributed by atoms with E-state index in [2.05, 4.69) is 10.3 Å². The molecular weight excluding hydrogens is 294 g/mol. The number of aromatic nitrogens is 1. The normalized spacial score (nSPS) is 14.2. The molecule has 0 radical (unpaired) electrons. The van der Waals surface area contributed by atoms with Crippen LogP contribution in [0.15, 0.2) is 18.2 Å². The molecule has 0 aliphatic carbocycles. The van der Waals surface area contributed by atoms with Crippen molar-refractivity contribution < 1.29 is 13.9 Å². The molecule has 0 aliphatic heterocycles. The number of nitrogens with zero attached hydrogens (tertiary/aromatic N) is 1. The van der Waals surface area contributed by atoms with E-state index in [4.69, 9.17) is 0 Å². The maximum atomic E-state index is 13.6. The minimum absolute atomic E-state index is 0.0410. The van der Waals surface area contributed by atoms with Crippen molar-refractivity contribution in [2.45, 2.75) is 32.9 Å². The predicted molar refractivity (Wildman–Crippen MR) is 79.3 cm³/mol. The summed E-state index contributed by atoms with van der Waals surface area (Å²) < 4.78 is 27.2. The molecule has 2 atom stereocenters. The first-order valence-corrected chi connectivity index (χ1v) is 7.51. The van der Waals surface area contributed by atoms with Crippen molar-refractivity contribution >= 4 is 11.3 Å². The quantitative estimate of drug-likeness (QED) is 0.889. The molecular formula is C15H18F2N2OS. The lowest BCUT2D eigenvalue weighted by molar-refractivity contribution is 0.161. The number of thiazole rings is 1. The van der Waals surface area contributed by atoms with Gasteiger partial charge in [-0.15, -0.1) is 11.3 Å². The van der Waals surface area contributed by atoms with E-state index in [1.165, 1.54) is 6.07 Å². The average molecular weight is 312 g/mol. The fourth-order valence-electron chi connectivity index (χ4n) is 2.26. The van der Waals surface area contributed by atoms with Gasteiger partial charge in [0, 0.05) is 17.5 Å². The highest BCUT2D eigenvalue weighted by Crippen LogP contribution is 2.25. The lowest BCUT2D eigenvalue weighted by atomic mass is 10.1. The standard InChI is InChI=1S/C15H18F2N2OS/c1-8(15-9(2)19-10(3)21-15)18-7-13(20)14-11(16)5-4-6-12(14)17/h4-6,8,13,18,20H,7H2,1-3H3. The van der Waals surface area contributed by atoms with Crippen molar-refractivity contribution in [2.24, 2.45) is 0 Å². The van der Waals surface area contributed by atoms with E-state index in [-0.39, 0.29) is 18.2 Å². The first kappa shape index (κ1) is 16.0. The highest BCUT2D eigenvalue weighted by molar-refractivity contribution is 7.11. The first-order valence-electron chi connectivity index (χ1n) is 6.69. The molecule has 2 N–H and O–H groups in total. The zero-order chi connectivity index (χ0) is 15.6. The molecule has 114 valence electrons. The Morgan fingerprint density at radius 2 is 1.90 bits per heavy atom. The van der Waals surface area contributed by atoms with E-state index >= 15 is 0 Å². The van der Waals surface area contributed by atoms with Gasteiger partial charge in [0.1, 0.15) is 11.6 Å². The monoisotopic (exact) mass is 312 g/mol. The number of aliphatic hydroxyl groups is 1. The van der Waals surface area contributed by atoms with Crippen LogP contribution in [0.3, 0.4) is 0 Å². The lowest BCUT2D eigenvalue weighted by Crippen LogP contribution is -2.25. The van der Waals surface area contributed by atoms with E-state index in [0.29, 0.717) is 0 Å². The summed E-state index contributed by atoms with van der Waals surface area (Å²) in [6.07, 6.45) is -1.23. The second kappa shape index (κ2) is 6.60. The zero-order valence-electron chi connectivity index (χ0n) is 12.2. The van der Waals surface area contributed by atoms with Gasteiger partial charge in [0.15, 0.2) is 0 Å². The number of benzene rings is 1. The topological polar surface area (TPSA) is 45.2 Å². The van der Waals surface area contributed by atoms with Crippen molar-refractivity contribution in [3.63, 3.8) is 0 Å². The van der Waals surface area contributed by atoms with Crippen molar-refractivity contribution in [1.82, 2.24) is 10.3 Å². The summed E-state index contributed by atoms with van der Waals surface area (Å²) in [5, 5.41) is 14.1. The summed E-state index contributed by atoms with van der Waals surface area (Å²) >= 11 is 1.57. The average Bonchev–Trinajstić information content (AvgIpc) is 2.75. The van der Waals surface area contributed by atoms with E-state index in [1.54, 1.807) is 11.3 Å². The van der Waals surface area contributed by atoms with Gasteiger partial charge in [0.25, 0.3) is 0 Å². The molecule has 1 aromatic heterocycles.